The van der Waals surface area contributed by atoms with Crippen LogP contribution in [0.3, 0.4) is 0 Å². The second-order valence-corrected chi connectivity index (χ2v) is 3.49. The Hall–Kier alpha value is -2.04. The molecule has 4 N–H and O–H groups in total. The highest BCUT2D eigenvalue weighted by atomic mass is 16.4. The minimum Gasteiger partial charge on any atom is -0.480 e. The molecule has 0 heterocycles. The zero-order valence-corrected chi connectivity index (χ0v) is 8.93. The maximum absolute atomic E-state index is 10.9. The average molecular weight is 222 g/mol. The zero-order valence-electron chi connectivity index (χ0n) is 8.93. The van der Waals surface area contributed by atoms with Crippen molar-refractivity contribution in [3.63, 3.8) is 0 Å². The number of anilines is 1. The molecule has 0 spiro atoms. The lowest BCUT2D eigenvalue weighted by atomic mass is 10.0. The SMILES string of the molecule is CC(=O)NC(Cc1ccccc1N)C(=O)O. The number of hydrogen-bond acceptors (Lipinski definition) is 3. The number of carboxylic acid groups (broad SMARTS) is 1. The number of aliphatic carboxylic acids is 1. The minimum atomic E-state index is -1.07. The van der Waals surface area contributed by atoms with Crippen molar-refractivity contribution < 1.29 is 14.7 Å². The van der Waals surface area contributed by atoms with Crippen molar-refractivity contribution in [1.82, 2.24) is 5.32 Å². The molecule has 86 valence electrons. The van der Waals surface area contributed by atoms with E-state index in [1.807, 2.05) is 0 Å². The van der Waals surface area contributed by atoms with Crippen LogP contribution >= 0.6 is 0 Å². The van der Waals surface area contributed by atoms with Crippen LogP contribution in [0.2, 0.25) is 0 Å². The molecule has 1 amide bonds. The second kappa shape index (κ2) is 5.16. The Kier molecular flexibility index (Phi) is 3.88. The quantitative estimate of drug-likeness (QED) is 0.643. The molecule has 0 fully saturated rings. The molecular weight excluding hydrogens is 208 g/mol. The van der Waals surface area contributed by atoms with Gasteiger partial charge in [-0.05, 0) is 11.6 Å². The molecule has 1 rings (SSSR count). The molecule has 1 unspecified atom stereocenters. The van der Waals surface area contributed by atoms with Crippen molar-refractivity contribution in [3.05, 3.63) is 29.8 Å². The van der Waals surface area contributed by atoms with Crippen LogP contribution in [-0.2, 0) is 16.0 Å². The van der Waals surface area contributed by atoms with Crippen molar-refractivity contribution in [3.8, 4) is 0 Å². The predicted molar refractivity (Wildman–Crippen MR) is 59.8 cm³/mol. The number of carbonyl (C=O) groups is 2. The standard InChI is InChI=1S/C11H14N2O3/c1-7(14)13-10(11(15)16)6-8-4-2-3-5-9(8)12/h2-5,10H,6,12H2,1H3,(H,13,14)(H,15,16). The van der Waals surface area contributed by atoms with Crippen LogP contribution in [0.15, 0.2) is 24.3 Å². The van der Waals surface area contributed by atoms with Crippen LogP contribution in [0.5, 0.6) is 0 Å². The summed E-state index contributed by atoms with van der Waals surface area (Å²) in [4.78, 5) is 21.7. The summed E-state index contributed by atoms with van der Waals surface area (Å²) in [7, 11) is 0. The van der Waals surface area contributed by atoms with Gasteiger partial charge in [-0.1, -0.05) is 18.2 Å². The van der Waals surface area contributed by atoms with E-state index >= 15 is 0 Å². The molecule has 0 aromatic heterocycles. The first kappa shape index (κ1) is 12.0. The van der Waals surface area contributed by atoms with Crippen molar-refractivity contribution >= 4 is 17.6 Å². The monoisotopic (exact) mass is 222 g/mol. The van der Waals surface area contributed by atoms with E-state index in [0.29, 0.717) is 11.3 Å². The van der Waals surface area contributed by atoms with Gasteiger partial charge < -0.3 is 16.2 Å². The summed E-state index contributed by atoms with van der Waals surface area (Å²) in [6, 6.07) is 6.04. The maximum atomic E-state index is 10.9. The smallest absolute Gasteiger partial charge is 0.326 e. The summed E-state index contributed by atoms with van der Waals surface area (Å²) in [5, 5.41) is 11.3. The Morgan fingerprint density at radius 1 is 1.44 bits per heavy atom. The van der Waals surface area contributed by atoms with Gasteiger partial charge in [-0.2, -0.15) is 0 Å². The third-order valence-corrected chi connectivity index (χ3v) is 2.15. The highest BCUT2D eigenvalue weighted by Crippen LogP contribution is 2.12. The summed E-state index contributed by atoms with van der Waals surface area (Å²) in [6.07, 6.45) is 0.182. The molecule has 0 saturated heterocycles. The van der Waals surface area contributed by atoms with Gasteiger partial charge in [0, 0.05) is 19.0 Å². The second-order valence-electron chi connectivity index (χ2n) is 3.49. The number of hydrogen-bond donors (Lipinski definition) is 3. The fourth-order valence-electron chi connectivity index (χ4n) is 1.39. The molecule has 0 aliphatic rings. The number of para-hydroxylation sites is 1. The number of benzene rings is 1. The van der Waals surface area contributed by atoms with Crippen molar-refractivity contribution in [1.29, 1.82) is 0 Å². The highest BCUT2D eigenvalue weighted by Gasteiger charge is 2.19. The van der Waals surface area contributed by atoms with E-state index in [1.54, 1.807) is 24.3 Å². The number of carbonyl (C=O) groups excluding carboxylic acids is 1. The Morgan fingerprint density at radius 2 is 2.06 bits per heavy atom. The summed E-state index contributed by atoms with van der Waals surface area (Å²) in [6.45, 7) is 1.28. The molecule has 1 atom stereocenters. The van der Waals surface area contributed by atoms with E-state index < -0.39 is 12.0 Å². The topological polar surface area (TPSA) is 92.4 Å². The summed E-state index contributed by atoms with van der Waals surface area (Å²) in [5.74, 6) is -1.44. The van der Waals surface area contributed by atoms with Crippen molar-refractivity contribution in [2.24, 2.45) is 0 Å². The van der Waals surface area contributed by atoms with Crippen LogP contribution in [0.4, 0.5) is 5.69 Å². The normalized spacial score (nSPS) is 11.8. The molecule has 16 heavy (non-hydrogen) atoms. The van der Waals surface area contributed by atoms with Crippen LogP contribution in [0, 0.1) is 0 Å². The lowest BCUT2D eigenvalue weighted by Crippen LogP contribution is -2.41. The Bertz CT molecular complexity index is 404. The number of carboxylic acids is 1. The molecule has 5 heteroatoms. The third-order valence-electron chi connectivity index (χ3n) is 2.15. The summed E-state index contributed by atoms with van der Waals surface area (Å²) < 4.78 is 0. The molecular formula is C11H14N2O3. The maximum Gasteiger partial charge on any atom is 0.326 e. The molecule has 5 nitrogen and oxygen atoms in total. The number of nitrogen functional groups attached to an aromatic ring is 1. The van der Waals surface area contributed by atoms with Crippen molar-refractivity contribution in [2.45, 2.75) is 19.4 Å². The fourth-order valence-corrected chi connectivity index (χ4v) is 1.39. The van der Waals surface area contributed by atoms with Gasteiger partial charge in [-0.15, -0.1) is 0 Å². The number of rotatable bonds is 4. The Morgan fingerprint density at radius 3 is 2.56 bits per heavy atom. The lowest BCUT2D eigenvalue weighted by Gasteiger charge is -2.14. The molecule has 0 radical (unpaired) electrons. The molecule has 0 aliphatic heterocycles. The van der Waals surface area contributed by atoms with Crippen LogP contribution in [0.25, 0.3) is 0 Å². The van der Waals surface area contributed by atoms with E-state index in [4.69, 9.17) is 10.8 Å². The van der Waals surface area contributed by atoms with Crippen molar-refractivity contribution in [2.75, 3.05) is 5.73 Å². The van der Waals surface area contributed by atoms with E-state index in [0.717, 1.165) is 0 Å². The van der Waals surface area contributed by atoms with E-state index in [1.165, 1.54) is 6.92 Å². The lowest BCUT2D eigenvalue weighted by molar-refractivity contribution is -0.141. The van der Waals surface area contributed by atoms with E-state index in [9.17, 15) is 9.59 Å². The van der Waals surface area contributed by atoms with E-state index in [-0.39, 0.29) is 12.3 Å². The van der Waals surface area contributed by atoms with Crippen LogP contribution < -0.4 is 11.1 Å². The Balaban J connectivity index is 2.80. The van der Waals surface area contributed by atoms with Gasteiger partial charge in [0.1, 0.15) is 6.04 Å². The van der Waals surface area contributed by atoms with Gasteiger partial charge in [0.15, 0.2) is 0 Å². The van der Waals surface area contributed by atoms with Gasteiger partial charge in [0.05, 0.1) is 0 Å². The number of amides is 1. The van der Waals surface area contributed by atoms with Gasteiger partial charge in [0.2, 0.25) is 5.91 Å². The van der Waals surface area contributed by atoms with E-state index in [2.05, 4.69) is 5.32 Å². The van der Waals surface area contributed by atoms with Gasteiger partial charge in [-0.25, -0.2) is 4.79 Å². The zero-order chi connectivity index (χ0) is 12.1. The molecule has 1 aromatic carbocycles. The number of nitrogens with one attached hydrogen (secondary N) is 1. The minimum absolute atomic E-state index is 0.182. The summed E-state index contributed by atoms with van der Waals surface area (Å²) in [5.41, 5.74) is 6.93. The predicted octanol–water partition coefficient (Wildman–Crippen LogP) is 0.401. The van der Waals surface area contributed by atoms with Gasteiger partial charge in [0.25, 0.3) is 0 Å². The largest absolute Gasteiger partial charge is 0.480 e. The molecule has 1 aromatic rings. The van der Waals surface area contributed by atoms with Gasteiger partial charge in [-0.3, -0.25) is 4.79 Å². The first-order valence-corrected chi connectivity index (χ1v) is 4.84. The van der Waals surface area contributed by atoms with Crippen LogP contribution in [0.1, 0.15) is 12.5 Å². The first-order chi connectivity index (χ1) is 7.50. The Labute approximate surface area is 93.3 Å². The highest BCUT2D eigenvalue weighted by molar-refractivity contribution is 5.82. The number of nitrogens with two attached hydrogens (primary N) is 1. The molecule has 0 saturated carbocycles. The average Bonchev–Trinajstić information content (AvgIpc) is 2.19. The molecule has 0 bridgehead atoms. The first-order valence-electron chi connectivity index (χ1n) is 4.84. The molecule has 0 aliphatic carbocycles. The van der Waals surface area contributed by atoms with Gasteiger partial charge >= 0.3 is 5.97 Å². The third kappa shape index (κ3) is 3.27. The van der Waals surface area contributed by atoms with Crippen LogP contribution in [-0.4, -0.2) is 23.0 Å². The fraction of sp³-hybridized carbons (Fsp3) is 0.273. The summed E-state index contributed by atoms with van der Waals surface area (Å²) >= 11 is 0.